The van der Waals surface area contributed by atoms with E-state index in [1.165, 1.54) is 8.66 Å². The molecular formula is C12H18BrNOS. The molecule has 90 valence electrons. The van der Waals surface area contributed by atoms with Gasteiger partial charge in [0, 0.05) is 23.4 Å². The van der Waals surface area contributed by atoms with Gasteiger partial charge in [0.1, 0.15) is 0 Å². The molecule has 1 aromatic heterocycles. The van der Waals surface area contributed by atoms with Crippen LogP contribution in [0.4, 0.5) is 0 Å². The van der Waals surface area contributed by atoms with Crippen molar-refractivity contribution < 1.29 is 4.74 Å². The van der Waals surface area contributed by atoms with Gasteiger partial charge in [-0.15, -0.1) is 11.3 Å². The summed E-state index contributed by atoms with van der Waals surface area (Å²) in [6.45, 7) is 6.25. The fourth-order valence-corrected chi connectivity index (χ4v) is 3.94. The SMILES string of the molecule is CCNC(c1ccc(Br)s1)C1CCOC1C. The van der Waals surface area contributed by atoms with E-state index < -0.39 is 0 Å². The molecule has 0 aromatic carbocycles. The van der Waals surface area contributed by atoms with Gasteiger partial charge in [0.25, 0.3) is 0 Å². The zero-order valence-electron chi connectivity index (χ0n) is 9.70. The number of thiophene rings is 1. The predicted molar refractivity (Wildman–Crippen MR) is 72.0 cm³/mol. The summed E-state index contributed by atoms with van der Waals surface area (Å²) in [7, 11) is 0. The van der Waals surface area contributed by atoms with Crippen LogP contribution in [0.15, 0.2) is 15.9 Å². The van der Waals surface area contributed by atoms with Crippen LogP contribution in [0.3, 0.4) is 0 Å². The molecule has 1 aliphatic rings. The molecule has 0 amide bonds. The summed E-state index contributed by atoms with van der Waals surface area (Å²) in [4.78, 5) is 1.41. The van der Waals surface area contributed by atoms with Crippen LogP contribution in [0.5, 0.6) is 0 Å². The van der Waals surface area contributed by atoms with Crippen molar-refractivity contribution in [3.8, 4) is 0 Å². The number of hydrogen-bond acceptors (Lipinski definition) is 3. The molecule has 0 spiro atoms. The minimum atomic E-state index is 0.366. The maximum Gasteiger partial charge on any atom is 0.0701 e. The number of rotatable bonds is 4. The summed E-state index contributed by atoms with van der Waals surface area (Å²) in [6.07, 6.45) is 1.53. The van der Waals surface area contributed by atoms with Crippen molar-refractivity contribution in [3.63, 3.8) is 0 Å². The Bertz CT molecular complexity index is 342. The summed E-state index contributed by atoms with van der Waals surface area (Å²) < 4.78 is 6.88. The summed E-state index contributed by atoms with van der Waals surface area (Å²) in [5.74, 6) is 0.602. The highest BCUT2D eigenvalue weighted by Crippen LogP contribution is 2.37. The van der Waals surface area contributed by atoms with Gasteiger partial charge in [-0.05, 0) is 48.0 Å². The van der Waals surface area contributed by atoms with Gasteiger partial charge in [-0.25, -0.2) is 0 Å². The van der Waals surface area contributed by atoms with Gasteiger partial charge in [-0.1, -0.05) is 6.92 Å². The lowest BCUT2D eigenvalue weighted by atomic mass is 9.92. The minimum Gasteiger partial charge on any atom is -0.378 e. The van der Waals surface area contributed by atoms with Crippen molar-refractivity contribution >= 4 is 27.3 Å². The first-order chi connectivity index (χ1) is 7.72. The van der Waals surface area contributed by atoms with Gasteiger partial charge in [0.2, 0.25) is 0 Å². The number of hydrogen-bond donors (Lipinski definition) is 1. The van der Waals surface area contributed by atoms with Crippen LogP contribution in [-0.2, 0) is 4.74 Å². The number of halogens is 1. The molecule has 1 saturated heterocycles. The van der Waals surface area contributed by atoms with E-state index >= 15 is 0 Å². The molecular weight excluding hydrogens is 286 g/mol. The van der Waals surface area contributed by atoms with Crippen molar-refractivity contribution in [2.45, 2.75) is 32.4 Å². The third kappa shape index (κ3) is 2.67. The fourth-order valence-electron chi connectivity index (χ4n) is 2.36. The Kier molecular flexibility index (Phi) is 4.41. The van der Waals surface area contributed by atoms with Crippen LogP contribution in [0.25, 0.3) is 0 Å². The normalized spacial score (nSPS) is 27.2. The molecule has 1 N–H and O–H groups in total. The van der Waals surface area contributed by atoms with Crippen molar-refractivity contribution in [2.24, 2.45) is 5.92 Å². The lowest BCUT2D eigenvalue weighted by Gasteiger charge is -2.25. The Balaban J connectivity index is 2.16. The van der Waals surface area contributed by atoms with E-state index in [9.17, 15) is 0 Å². The highest BCUT2D eigenvalue weighted by Gasteiger charge is 2.32. The summed E-state index contributed by atoms with van der Waals surface area (Å²) in [5.41, 5.74) is 0. The van der Waals surface area contributed by atoms with E-state index in [0.717, 1.165) is 19.6 Å². The first-order valence-corrected chi connectivity index (χ1v) is 7.43. The Labute approximate surface area is 110 Å². The number of ether oxygens (including phenoxy) is 1. The topological polar surface area (TPSA) is 21.3 Å². The quantitative estimate of drug-likeness (QED) is 0.918. The van der Waals surface area contributed by atoms with Gasteiger partial charge in [0.05, 0.1) is 9.89 Å². The molecule has 4 heteroatoms. The Hall–Kier alpha value is 0.1000. The van der Waals surface area contributed by atoms with Gasteiger partial charge < -0.3 is 10.1 Å². The van der Waals surface area contributed by atoms with Crippen LogP contribution in [0, 0.1) is 5.92 Å². The van der Waals surface area contributed by atoms with Gasteiger partial charge in [-0.2, -0.15) is 0 Å². The van der Waals surface area contributed by atoms with Crippen LogP contribution < -0.4 is 5.32 Å². The maximum absolute atomic E-state index is 5.67. The monoisotopic (exact) mass is 303 g/mol. The summed E-state index contributed by atoms with van der Waals surface area (Å²) >= 11 is 5.36. The van der Waals surface area contributed by atoms with E-state index in [4.69, 9.17) is 4.74 Å². The zero-order chi connectivity index (χ0) is 11.5. The summed E-state index contributed by atoms with van der Waals surface area (Å²) in [5, 5.41) is 3.59. The second kappa shape index (κ2) is 5.63. The Morgan fingerprint density at radius 2 is 2.44 bits per heavy atom. The van der Waals surface area contributed by atoms with Crippen LogP contribution in [0.2, 0.25) is 0 Å². The zero-order valence-corrected chi connectivity index (χ0v) is 12.1. The third-order valence-corrected chi connectivity index (χ3v) is 4.89. The molecule has 0 radical (unpaired) electrons. The average Bonchev–Trinajstić information content (AvgIpc) is 2.84. The smallest absolute Gasteiger partial charge is 0.0701 e. The summed E-state index contributed by atoms with van der Waals surface area (Å²) in [6, 6.07) is 4.79. The molecule has 0 saturated carbocycles. The molecule has 2 nitrogen and oxygen atoms in total. The number of nitrogens with one attached hydrogen (secondary N) is 1. The highest BCUT2D eigenvalue weighted by molar-refractivity contribution is 9.11. The minimum absolute atomic E-state index is 0.366. The van der Waals surface area contributed by atoms with Gasteiger partial charge >= 0.3 is 0 Å². The van der Waals surface area contributed by atoms with Crippen LogP contribution in [-0.4, -0.2) is 19.3 Å². The molecule has 1 aliphatic heterocycles. The first kappa shape index (κ1) is 12.6. The maximum atomic E-state index is 5.67. The molecule has 2 rings (SSSR count). The second-order valence-electron chi connectivity index (χ2n) is 4.21. The van der Waals surface area contributed by atoms with E-state index in [1.54, 1.807) is 0 Å². The molecule has 0 aliphatic carbocycles. The standard InChI is InChI=1S/C12H18BrNOS/c1-3-14-12(9-6-7-15-8(9)2)10-4-5-11(13)16-10/h4-5,8-9,12,14H,3,6-7H2,1-2H3. The Morgan fingerprint density at radius 1 is 1.62 bits per heavy atom. The molecule has 1 aromatic rings. The first-order valence-electron chi connectivity index (χ1n) is 5.82. The molecule has 0 bridgehead atoms. The van der Waals surface area contributed by atoms with Crippen molar-refractivity contribution in [1.29, 1.82) is 0 Å². The molecule has 3 atom stereocenters. The van der Waals surface area contributed by atoms with Crippen LogP contribution >= 0.6 is 27.3 Å². The third-order valence-electron chi connectivity index (χ3n) is 3.19. The molecule has 16 heavy (non-hydrogen) atoms. The molecule has 1 fully saturated rings. The second-order valence-corrected chi connectivity index (χ2v) is 6.70. The predicted octanol–water partition coefficient (Wildman–Crippen LogP) is 3.59. The van der Waals surface area contributed by atoms with Gasteiger partial charge in [-0.3, -0.25) is 0 Å². The molecule has 3 unspecified atom stereocenters. The van der Waals surface area contributed by atoms with Gasteiger partial charge in [0.15, 0.2) is 0 Å². The lowest BCUT2D eigenvalue weighted by molar-refractivity contribution is 0.0959. The van der Waals surface area contributed by atoms with Crippen molar-refractivity contribution in [3.05, 3.63) is 20.8 Å². The van der Waals surface area contributed by atoms with E-state index in [2.05, 4.69) is 47.2 Å². The van der Waals surface area contributed by atoms with E-state index in [0.29, 0.717) is 18.1 Å². The highest BCUT2D eigenvalue weighted by atomic mass is 79.9. The fraction of sp³-hybridized carbons (Fsp3) is 0.667. The average molecular weight is 304 g/mol. The lowest BCUT2D eigenvalue weighted by Crippen LogP contribution is -2.31. The Morgan fingerprint density at radius 3 is 2.94 bits per heavy atom. The van der Waals surface area contributed by atoms with E-state index in [-0.39, 0.29) is 0 Å². The largest absolute Gasteiger partial charge is 0.378 e. The van der Waals surface area contributed by atoms with Crippen molar-refractivity contribution in [2.75, 3.05) is 13.2 Å². The molecule has 2 heterocycles. The van der Waals surface area contributed by atoms with E-state index in [1.807, 2.05) is 11.3 Å². The van der Waals surface area contributed by atoms with Crippen molar-refractivity contribution in [1.82, 2.24) is 5.32 Å². The van der Waals surface area contributed by atoms with Crippen LogP contribution in [0.1, 0.15) is 31.2 Å².